The van der Waals surface area contributed by atoms with Gasteiger partial charge in [-0.2, -0.15) is 0 Å². The molecule has 6 heteroatoms. The van der Waals surface area contributed by atoms with E-state index in [4.69, 9.17) is 14.2 Å². The molecule has 158 valence electrons. The molecule has 1 amide bonds. The topological polar surface area (TPSA) is 60.0 Å². The van der Waals surface area contributed by atoms with Gasteiger partial charge in [0.2, 0.25) is 12.5 Å². The molecule has 0 aromatic heterocycles. The average Bonchev–Trinajstić information content (AvgIpc) is 3.29. The minimum absolute atomic E-state index is 0.110. The van der Waals surface area contributed by atoms with Gasteiger partial charge in [-0.1, -0.05) is 42.5 Å². The van der Waals surface area contributed by atoms with E-state index in [2.05, 4.69) is 29.4 Å². The van der Waals surface area contributed by atoms with Crippen LogP contribution in [0.4, 0.5) is 5.69 Å². The van der Waals surface area contributed by atoms with Crippen molar-refractivity contribution in [2.45, 2.75) is 13.0 Å². The fourth-order valence-electron chi connectivity index (χ4n) is 4.27. The zero-order valence-electron chi connectivity index (χ0n) is 17.6. The largest absolute Gasteiger partial charge is 0.492 e. The first-order chi connectivity index (χ1) is 15.2. The summed E-state index contributed by atoms with van der Waals surface area (Å²) < 4.78 is 17.1. The van der Waals surface area contributed by atoms with Crippen molar-refractivity contribution in [3.63, 3.8) is 0 Å². The lowest BCUT2D eigenvalue weighted by molar-refractivity contribution is 0.102. The summed E-state index contributed by atoms with van der Waals surface area (Å²) in [4.78, 5) is 15.3. The van der Waals surface area contributed by atoms with E-state index in [0.717, 1.165) is 41.8 Å². The molecule has 3 aromatic carbocycles. The van der Waals surface area contributed by atoms with E-state index < -0.39 is 0 Å². The molecule has 2 aliphatic rings. The molecule has 0 saturated carbocycles. The Hall–Kier alpha value is -3.51. The first-order valence-corrected chi connectivity index (χ1v) is 10.3. The third-order valence-corrected chi connectivity index (χ3v) is 5.85. The van der Waals surface area contributed by atoms with Crippen LogP contribution in [0, 0.1) is 0 Å². The number of rotatable bonds is 4. The summed E-state index contributed by atoms with van der Waals surface area (Å²) in [6, 6.07) is 17.7. The summed E-state index contributed by atoms with van der Waals surface area (Å²) in [6.07, 6.45) is 0.793. The Kier molecular flexibility index (Phi) is 5.00. The number of nitrogens with zero attached hydrogens (tertiary/aromatic N) is 1. The van der Waals surface area contributed by atoms with E-state index in [9.17, 15) is 4.79 Å². The van der Waals surface area contributed by atoms with E-state index in [1.54, 1.807) is 7.11 Å². The maximum absolute atomic E-state index is 13.1. The lowest BCUT2D eigenvalue weighted by Gasteiger charge is -2.29. The molecule has 6 nitrogen and oxygen atoms in total. The molecule has 5 rings (SSSR count). The van der Waals surface area contributed by atoms with Crippen LogP contribution in [0.15, 0.2) is 54.6 Å². The number of methoxy groups -OCH3 is 1. The molecule has 0 spiro atoms. The first kappa shape index (κ1) is 19.5. The molecule has 0 aliphatic carbocycles. The van der Waals surface area contributed by atoms with Gasteiger partial charge >= 0.3 is 0 Å². The number of hydrogen-bond acceptors (Lipinski definition) is 5. The third-order valence-electron chi connectivity index (χ3n) is 5.85. The Bertz CT molecular complexity index is 1130. The Morgan fingerprint density at radius 3 is 2.42 bits per heavy atom. The van der Waals surface area contributed by atoms with Crippen LogP contribution < -0.4 is 19.5 Å². The van der Waals surface area contributed by atoms with Gasteiger partial charge in [0.05, 0.1) is 12.8 Å². The van der Waals surface area contributed by atoms with Gasteiger partial charge in [0.1, 0.15) is 0 Å². The summed E-state index contributed by atoms with van der Waals surface area (Å²) in [5.41, 5.74) is 5.55. The number of carbonyl (C=O) groups excluding carboxylic acids is 1. The van der Waals surface area contributed by atoms with Crippen molar-refractivity contribution in [1.82, 2.24) is 4.90 Å². The van der Waals surface area contributed by atoms with E-state index >= 15 is 0 Å². The minimum atomic E-state index is -0.177. The number of likely N-dealkylation sites (N-methyl/N-ethyl adjacent to an activating group) is 1. The molecule has 2 aliphatic heterocycles. The molecule has 0 fully saturated rings. The number of nitrogens with one attached hydrogen (secondary N) is 1. The number of amides is 1. The molecular formula is C25H24N2O4. The van der Waals surface area contributed by atoms with Gasteiger partial charge in [-0.15, -0.1) is 0 Å². The predicted octanol–water partition coefficient (Wildman–Crippen LogP) is 4.33. The number of carbonyl (C=O) groups is 1. The van der Waals surface area contributed by atoms with Crippen LogP contribution in [0.5, 0.6) is 17.2 Å². The summed E-state index contributed by atoms with van der Waals surface area (Å²) in [5.74, 6) is 1.63. The molecule has 0 saturated heterocycles. The maximum Gasteiger partial charge on any atom is 0.255 e. The van der Waals surface area contributed by atoms with Gasteiger partial charge < -0.3 is 24.4 Å². The monoisotopic (exact) mass is 416 g/mol. The van der Waals surface area contributed by atoms with Crippen LogP contribution in [0.25, 0.3) is 11.1 Å². The Labute approximate surface area is 181 Å². The van der Waals surface area contributed by atoms with Crippen LogP contribution in [0.2, 0.25) is 0 Å². The smallest absolute Gasteiger partial charge is 0.255 e. The van der Waals surface area contributed by atoms with Crippen molar-refractivity contribution in [1.29, 1.82) is 0 Å². The Balaban J connectivity index is 1.48. The highest BCUT2D eigenvalue weighted by Gasteiger charge is 2.33. The molecule has 31 heavy (non-hydrogen) atoms. The van der Waals surface area contributed by atoms with E-state index in [1.807, 2.05) is 42.5 Å². The molecule has 0 atom stereocenters. The lowest BCUT2D eigenvalue weighted by atomic mass is 9.95. The zero-order valence-corrected chi connectivity index (χ0v) is 17.6. The van der Waals surface area contributed by atoms with Crippen LogP contribution in [-0.4, -0.2) is 38.3 Å². The summed E-state index contributed by atoms with van der Waals surface area (Å²) in [7, 11) is 3.71. The van der Waals surface area contributed by atoms with Crippen LogP contribution in [0.1, 0.15) is 21.5 Å². The summed E-state index contributed by atoms with van der Waals surface area (Å²) >= 11 is 0. The summed E-state index contributed by atoms with van der Waals surface area (Å²) in [5, 5.41) is 3.09. The average molecular weight is 416 g/mol. The van der Waals surface area contributed by atoms with E-state index in [-0.39, 0.29) is 12.7 Å². The van der Waals surface area contributed by atoms with Crippen molar-refractivity contribution in [3.8, 4) is 28.4 Å². The van der Waals surface area contributed by atoms with Gasteiger partial charge in [0, 0.05) is 24.2 Å². The molecule has 0 bridgehead atoms. The molecular weight excluding hydrogens is 392 g/mol. The predicted molar refractivity (Wildman–Crippen MR) is 119 cm³/mol. The fraction of sp³-hybridized carbons (Fsp3) is 0.240. The van der Waals surface area contributed by atoms with Gasteiger partial charge in [0.25, 0.3) is 5.91 Å². The lowest BCUT2D eigenvalue weighted by Crippen LogP contribution is -2.28. The number of anilines is 1. The number of ether oxygens (including phenoxy) is 3. The molecule has 1 N–H and O–H groups in total. The Morgan fingerprint density at radius 1 is 0.968 bits per heavy atom. The molecule has 0 unspecified atom stereocenters. The Morgan fingerprint density at radius 2 is 1.68 bits per heavy atom. The first-order valence-electron chi connectivity index (χ1n) is 10.3. The second-order valence-electron chi connectivity index (χ2n) is 7.82. The van der Waals surface area contributed by atoms with Crippen LogP contribution in [0.3, 0.4) is 0 Å². The highest BCUT2D eigenvalue weighted by atomic mass is 16.7. The number of hydrogen-bond donors (Lipinski definition) is 1. The normalized spacial score (nSPS) is 14.8. The summed E-state index contributed by atoms with van der Waals surface area (Å²) in [6.45, 7) is 1.73. The zero-order chi connectivity index (χ0) is 21.4. The van der Waals surface area contributed by atoms with Crippen molar-refractivity contribution in [3.05, 3.63) is 71.3 Å². The second-order valence-corrected chi connectivity index (χ2v) is 7.82. The molecule has 3 aromatic rings. The van der Waals surface area contributed by atoms with Crippen LogP contribution >= 0.6 is 0 Å². The van der Waals surface area contributed by atoms with Gasteiger partial charge in [-0.05, 0) is 42.3 Å². The van der Waals surface area contributed by atoms with E-state index in [1.165, 1.54) is 0 Å². The molecule has 0 radical (unpaired) electrons. The van der Waals surface area contributed by atoms with Gasteiger partial charge in [-0.3, -0.25) is 4.79 Å². The van der Waals surface area contributed by atoms with Crippen LogP contribution in [-0.2, 0) is 13.0 Å². The molecule has 2 heterocycles. The minimum Gasteiger partial charge on any atom is -0.492 e. The number of fused-ring (bicyclic) bond motifs is 2. The quantitative estimate of drug-likeness (QED) is 0.686. The highest BCUT2D eigenvalue weighted by Crippen LogP contribution is 2.52. The third kappa shape index (κ3) is 3.49. The fourth-order valence-corrected chi connectivity index (χ4v) is 4.27. The SMILES string of the molecule is COc1c2c(c(NC(=O)c3ccc(-c4ccccc4)cc3)c3c1OCO3)CCN(C)C2. The van der Waals surface area contributed by atoms with Crippen molar-refractivity contribution in [2.24, 2.45) is 0 Å². The van der Waals surface area contributed by atoms with Crippen molar-refractivity contribution in [2.75, 3.05) is 32.8 Å². The van der Waals surface area contributed by atoms with Gasteiger partial charge in [0.15, 0.2) is 11.5 Å². The second kappa shape index (κ2) is 7.96. The highest BCUT2D eigenvalue weighted by molar-refractivity contribution is 6.06. The standard InChI is InChI=1S/C25H24N2O4/c1-27-13-12-19-20(14-27)22(29-2)24-23(30-15-31-24)21(19)26-25(28)18-10-8-17(9-11-18)16-6-4-3-5-7-16/h3-11H,12-15H2,1-2H3,(H,26,28). The van der Waals surface area contributed by atoms with E-state index in [0.29, 0.717) is 28.5 Å². The number of benzene rings is 3. The van der Waals surface area contributed by atoms with Crippen molar-refractivity contribution >= 4 is 11.6 Å². The maximum atomic E-state index is 13.1. The van der Waals surface area contributed by atoms with Crippen molar-refractivity contribution < 1.29 is 19.0 Å². The van der Waals surface area contributed by atoms with Gasteiger partial charge in [-0.25, -0.2) is 0 Å².